The van der Waals surface area contributed by atoms with Crippen LogP contribution in [-0.2, 0) is 6.42 Å². The molecule has 98 valence electrons. The molecule has 1 atom stereocenters. The topological polar surface area (TPSA) is 96.1 Å². The summed E-state index contributed by atoms with van der Waals surface area (Å²) in [5.41, 5.74) is 2.46. The van der Waals surface area contributed by atoms with Crippen molar-refractivity contribution in [2.24, 2.45) is 5.84 Å². The molecule has 0 bridgehead atoms. The maximum Gasteiger partial charge on any atom is 0.240 e. The van der Waals surface area contributed by atoms with Gasteiger partial charge in [0.15, 0.2) is 0 Å². The van der Waals surface area contributed by atoms with Gasteiger partial charge < -0.3 is 10.4 Å². The number of nitrogens with zero attached hydrogens (tertiary/aromatic N) is 2. The number of hydrogen-bond acceptors (Lipinski definition) is 7. The first-order valence-corrected chi connectivity index (χ1v) is 6.64. The lowest BCUT2D eigenvalue weighted by Crippen LogP contribution is -2.17. The van der Waals surface area contributed by atoms with E-state index in [1.54, 1.807) is 18.3 Å². The van der Waals surface area contributed by atoms with Crippen LogP contribution in [0.5, 0.6) is 0 Å². The number of aliphatic hydroxyl groups excluding tert-OH is 1. The van der Waals surface area contributed by atoms with Crippen molar-refractivity contribution in [1.29, 1.82) is 0 Å². The second-order valence-electron chi connectivity index (χ2n) is 4.06. The van der Waals surface area contributed by atoms with E-state index in [1.165, 1.54) is 4.88 Å². The Morgan fingerprint density at radius 1 is 1.50 bits per heavy atom. The van der Waals surface area contributed by atoms with Gasteiger partial charge in [-0.25, -0.2) is 10.8 Å². The second-order valence-corrected chi connectivity index (χ2v) is 5.17. The van der Waals surface area contributed by atoms with Crippen LogP contribution in [0.4, 0.5) is 11.8 Å². The second kappa shape index (κ2) is 5.47. The molecule has 0 aliphatic rings. The lowest BCUT2D eigenvalue weighted by atomic mass is 10.3. The van der Waals surface area contributed by atoms with Crippen LogP contribution in [0.1, 0.15) is 18.7 Å². The molecule has 0 fully saturated rings. The summed E-state index contributed by atoms with van der Waals surface area (Å²) in [6.07, 6.45) is 0.524. The van der Waals surface area contributed by atoms with Crippen molar-refractivity contribution >= 4 is 33.3 Å². The Morgan fingerprint density at radius 3 is 2.89 bits per heavy atom. The van der Waals surface area contributed by atoms with Crippen molar-refractivity contribution < 1.29 is 5.11 Å². The minimum absolute atomic E-state index is 0.375. The van der Waals surface area contributed by atoms with Gasteiger partial charge in [-0.05, 0) is 19.4 Å². The van der Waals surface area contributed by atoms with E-state index in [1.807, 2.05) is 0 Å². The number of nitrogens with one attached hydrogen (secondary N) is 2. The zero-order valence-electron chi connectivity index (χ0n) is 10.4. The van der Waals surface area contributed by atoms with Gasteiger partial charge in [0.1, 0.15) is 10.6 Å². The molecule has 2 rings (SSSR count). The number of aliphatic hydroxyl groups is 1. The summed E-state index contributed by atoms with van der Waals surface area (Å²) in [6.45, 7) is 4.26. The van der Waals surface area contributed by atoms with Crippen LogP contribution in [0, 0.1) is 0 Å². The molecule has 5 N–H and O–H groups in total. The third kappa shape index (κ3) is 2.69. The van der Waals surface area contributed by atoms with Gasteiger partial charge in [0.05, 0.1) is 11.5 Å². The number of rotatable bonds is 5. The maximum absolute atomic E-state index is 9.32. The fourth-order valence-electron chi connectivity index (χ4n) is 1.59. The van der Waals surface area contributed by atoms with Gasteiger partial charge >= 0.3 is 0 Å². The highest BCUT2D eigenvalue weighted by atomic mass is 32.1. The summed E-state index contributed by atoms with van der Waals surface area (Å²) >= 11 is 1.63. The molecule has 18 heavy (non-hydrogen) atoms. The van der Waals surface area contributed by atoms with Crippen molar-refractivity contribution in [3.05, 3.63) is 10.9 Å². The Hall–Kier alpha value is -1.44. The van der Waals surface area contributed by atoms with Crippen molar-refractivity contribution in [3.8, 4) is 0 Å². The zero-order chi connectivity index (χ0) is 13.1. The number of fused-ring (bicyclic) bond motifs is 1. The summed E-state index contributed by atoms with van der Waals surface area (Å²) < 4.78 is 0. The molecule has 0 aromatic carbocycles. The van der Waals surface area contributed by atoms with Gasteiger partial charge in [-0.2, -0.15) is 4.98 Å². The van der Waals surface area contributed by atoms with Gasteiger partial charge in [0.25, 0.3) is 0 Å². The van der Waals surface area contributed by atoms with Crippen molar-refractivity contribution in [2.75, 3.05) is 17.3 Å². The van der Waals surface area contributed by atoms with Crippen LogP contribution < -0.4 is 16.6 Å². The number of nitrogens with two attached hydrogens (primary N) is 1. The Bertz CT molecular complexity index is 539. The average molecular weight is 267 g/mol. The molecular weight excluding hydrogens is 250 g/mol. The first-order chi connectivity index (χ1) is 8.63. The Labute approximate surface area is 109 Å². The Kier molecular flexibility index (Phi) is 3.95. The number of hydrazine groups is 1. The summed E-state index contributed by atoms with van der Waals surface area (Å²) in [6, 6.07) is 2.07. The molecule has 2 aromatic heterocycles. The van der Waals surface area contributed by atoms with Crippen LogP contribution in [0.15, 0.2) is 6.07 Å². The predicted molar refractivity (Wildman–Crippen MR) is 74.8 cm³/mol. The number of anilines is 2. The molecule has 6 nitrogen and oxygen atoms in total. The van der Waals surface area contributed by atoms with E-state index < -0.39 is 6.10 Å². The lowest BCUT2D eigenvalue weighted by Gasteiger charge is -2.09. The highest BCUT2D eigenvalue weighted by Gasteiger charge is 2.11. The van der Waals surface area contributed by atoms with Crippen LogP contribution in [0.25, 0.3) is 10.2 Å². The molecule has 0 saturated heterocycles. The number of aryl methyl sites for hydroxylation is 1. The van der Waals surface area contributed by atoms with E-state index >= 15 is 0 Å². The van der Waals surface area contributed by atoms with E-state index in [2.05, 4.69) is 33.7 Å². The molecule has 0 radical (unpaired) electrons. The SMILES string of the molecule is CCc1cc2c(NCC(C)O)nc(NN)nc2s1. The van der Waals surface area contributed by atoms with Gasteiger partial charge in [0.2, 0.25) is 5.95 Å². The van der Waals surface area contributed by atoms with E-state index in [0.29, 0.717) is 18.3 Å². The molecule has 7 heteroatoms. The Balaban J connectivity index is 2.43. The molecule has 2 heterocycles. The monoisotopic (exact) mass is 267 g/mol. The third-order valence-electron chi connectivity index (χ3n) is 2.49. The average Bonchev–Trinajstić information content (AvgIpc) is 2.78. The lowest BCUT2D eigenvalue weighted by molar-refractivity contribution is 0.208. The van der Waals surface area contributed by atoms with E-state index in [-0.39, 0.29) is 0 Å². The fourth-order valence-corrected chi connectivity index (χ4v) is 2.56. The van der Waals surface area contributed by atoms with Gasteiger partial charge in [-0.3, -0.25) is 5.43 Å². The standard InChI is InChI=1S/C11H17N5OS/c1-3-7-4-8-9(13-5-6(2)17)14-11(16-12)15-10(8)18-7/h4,6,17H,3,5,12H2,1-2H3,(H2,13,14,15,16). The molecule has 0 saturated carbocycles. The van der Waals surface area contributed by atoms with Crippen molar-refractivity contribution in [2.45, 2.75) is 26.4 Å². The minimum Gasteiger partial charge on any atom is -0.392 e. The van der Waals surface area contributed by atoms with Gasteiger partial charge in [-0.15, -0.1) is 11.3 Å². The predicted octanol–water partition coefficient (Wildman–Crippen LogP) is 1.33. The zero-order valence-corrected chi connectivity index (χ0v) is 11.2. The normalized spacial score (nSPS) is 12.7. The third-order valence-corrected chi connectivity index (χ3v) is 3.66. The van der Waals surface area contributed by atoms with Gasteiger partial charge in [0, 0.05) is 11.4 Å². The summed E-state index contributed by atoms with van der Waals surface area (Å²) in [7, 11) is 0. The molecule has 0 amide bonds. The summed E-state index contributed by atoms with van der Waals surface area (Å²) in [5.74, 6) is 6.43. The first kappa shape index (κ1) is 13.0. The van der Waals surface area contributed by atoms with Crippen LogP contribution >= 0.6 is 11.3 Å². The number of thiophene rings is 1. The number of nitrogen functional groups attached to an aromatic ring is 1. The Morgan fingerprint density at radius 2 is 2.28 bits per heavy atom. The molecule has 0 spiro atoms. The van der Waals surface area contributed by atoms with Crippen molar-refractivity contribution in [1.82, 2.24) is 9.97 Å². The van der Waals surface area contributed by atoms with Crippen LogP contribution in [0.3, 0.4) is 0 Å². The molecule has 2 aromatic rings. The van der Waals surface area contributed by atoms with E-state index in [0.717, 1.165) is 16.6 Å². The molecule has 1 unspecified atom stereocenters. The first-order valence-electron chi connectivity index (χ1n) is 5.83. The van der Waals surface area contributed by atoms with Crippen molar-refractivity contribution in [3.63, 3.8) is 0 Å². The molecule has 0 aliphatic carbocycles. The van der Waals surface area contributed by atoms with E-state index in [4.69, 9.17) is 5.84 Å². The molecular formula is C11H17N5OS. The number of aromatic nitrogens is 2. The summed E-state index contributed by atoms with van der Waals surface area (Å²) in [4.78, 5) is 10.7. The quantitative estimate of drug-likeness (QED) is 0.482. The van der Waals surface area contributed by atoms with Crippen LogP contribution in [0.2, 0.25) is 0 Å². The smallest absolute Gasteiger partial charge is 0.240 e. The number of hydrogen-bond donors (Lipinski definition) is 4. The highest BCUT2D eigenvalue weighted by Crippen LogP contribution is 2.30. The van der Waals surface area contributed by atoms with E-state index in [9.17, 15) is 5.11 Å². The largest absolute Gasteiger partial charge is 0.392 e. The fraction of sp³-hybridized carbons (Fsp3) is 0.455. The van der Waals surface area contributed by atoms with Gasteiger partial charge in [-0.1, -0.05) is 6.92 Å². The molecule has 0 aliphatic heterocycles. The maximum atomic E-state index is 9.32. The highest BCUT2D eigenvalue weighted by molar-refractivity contribution is 7.18. The van der Waals surface area contributed by atoms with Crippen LogP contribution in [-0.4, -0.2) is 27.7 Å². The minimum atomic E-state index is -0.436. The summed E-state index contributed by atoms with van der Waals surface area (Å²) in [5, 5.41) is 13.4.